The molecule has 1 fully saturated rings. The summed E-state index contributed by atoms with van der Waals surface area (Å²) in [5, 5.41) is 0. The Labute approximate surface area is 161 Å². The van der Waals surface area contributed by atoms with Gasteiger partial charge in [-0.1, -0.05) is 31.0 Å². The van der Waals surface area contributed by atoms with E-state index >= 15 is 0 Å². The van der Waals surface area contributed by atoms with E-state index in [1.165, 1.54) is 12.1 Å². The second-order valence-electron chi connectivity index (χ2n) is 7.14. The summed E-state index contributed by atoms with van der Waals surface area (Å²) in [5.41, 5.74) is 2.10. The van der Waals surface area contributed by atoms with Gasteiger partial charge in [0, 0.05) is 24.3 Å². The number of carbonyl (C=O) groups excluding carboxylic acids is 1. The molecule has 5 nitrogen and oxygen atoms in total. The number of amides is 1. The van der Waals surface area contributed by atoms with Crippen molar-refractivity contribution in [2.75, 3.05) is 17.8 Å². The number of benzene rings is 2. The molecule has 0 aliphatic carbocycles. The molecular weight excluding hydrogens is 360 g/mol. The molecule has 0 spiro atoms. The molecule has 1 N–H and O–H groups in total. The Morgan fingerprint density at radius 2 is 1.63 bits per heavy atom. The van der Waals surface area contributed by atoms with E-state index in [0.29, 0.717) is 17.2 Å². The number of sulfonamides is 1. The SMILES string of the molecule is CCC1CCN(C(=O)c2ccc(S(=O)(=O)Nc3ccc(C)cc3)cc2)CC1. The fraction of sp³-hybridized carbons (Fsp3) is 0.381. The number of carbonyl (C=O) groups is 1. The fourth-order valence-electron chi connectivity index (χ4n) is 3.34. The summed E-state index contributed by atoms with van der Waals surface area (Å²) in [6, 6.07) is 13.3. The molecule has 0 atom stereocenters. The van der Waals surface area contributed by atoms with E-state index in [4.69, 9.17) is 0 Å². The van der Waals surface area contributed by atoms with Crippen LogP contribution in [0.3, 0.4) is 0 Å². The first-order valence-electron chi connectivity index (χ1n) is 9.38. The van der Waals surface area contributed by atoms with Crippen LogP contribution >= 0.6 is 0 Å². The van der Waals surface area contributed by atoms with Gasteiger partial charge in [-0.15, -0.1) is 0 Å². The second kappa shape index (κ2) is 8.13. The molecule has 6 heteroatoms. The lowest BCUT2D eigenvalue weighted by molar-refractivity contribution is 0.0688. The van der Waals surface area contributed by atoms with Crippen LogP contribution in [0, 0.1) is 12.8 Å². The molecule has 0 unspecified atom stereocenters. The first-order chi connectivity index (χ1) is 12.9. The highest BCUT2D eigenvalue weighted by Gasteiger charge is 2.23. The Morgan fingerprint density at radius 1 is 1.04 bits per heavy atom. The topological polar surface area (TPSA) is 66.5 Å². The average Bonchev–Trinajstić information content (AvgIpc) is 2.69. The lowest BCUT2D eigenvalue weighted by atomic mass is 9.94. The molecule has 27 heavy (non-hydrogen) atoms. The molecule has 1 amide bonds. The molecule has 144 valence electrons. The van der Waals surface area contributed by atoms with Crippen molar-refractivity contribution in [1.29, 1.82) is 0 Å². The Bertz CT molecular complexity index is 882. The summed E-state index contributed by atoms with van der Waals surface area (Å²) in [6.07, 6.45) is 3.23. The summed E-state index contributed by atoms with van der Waals surface area (Å²) in [5.74, 6) is 0.675. The zero-order valence-corrected chi connectivity index (χ0v) is 16.6. The maximum Gasteiger partial charge on any atom is 0.261 e. The first-order valence-corrected chi connectivity index (χ1v) is 10.9. The third-order valence-electron chi connectivity index (χ3n) is 5.19. The summed E-state index contributed by atoms with van der Waals surface area (Å²) < 4.78 is 27.6. The van der Waals surface area contributed by atoms with Gasteiger partial charge in [-0.25, -0.2) is 8.42 Å². The monoisotopic (exact) mass is 386 g/mol. The highest BCUT2D eigenvalue weighted by atomic mass is 32.2. The average molecular weight is 387 g/mol. The van der Waals surface area contributed by atoms with Crippen LogP contribution in [0.5, 0.6) is 0 Å². The summed E-state index contributed by atoms with van der Waals surface area (Å²) in [7, 11) is -3.68. The van der Waals surface area contributed by atoms with Crippen LogP contribution in [-0.4, -0.2) is 32.3 Å². The van der Waals surface area contributed by atoms with Crippen molar-refractivity contribution >= 4 is 21.6 Å². The lowest BCUT2D eigenvalue weighted by Gasteiger charge is -2.31. The second-order valence-corrected chi connectivity index (χ2v) is 8.82. The van der Waals surface area contributed by atoms with E-state index in [1.807, 2.05) is 24.0 Å². The van der Waals surface area contributed by atoms with Gasteiger partial charge in [0.05, 0.1) is 4.90 Å². The van der Waals surface area contributed by atoms with Gasteiger partial charge < -0.3 is 4.90 Å². The summed E-state index contributed by atoms with van der Waals surface area (Å²) in [4.78, 5) is 14.6. The minimum Gasteiger partial charge on any atom is -0.339 e. The van der Waals surface area contributed by atoms with E-state index in [-0.39, 0.29) is 10.8 Å². The van der Waals surface area contributed by atoms with Crippen LogP contribution < -0.4 is 4.72 Å². The number of anilines is 1. The highest BCUT2D eigenvalue weighted by Crippen LogP contribution is 2.22. The summed E-state index contributed by atoms with van der Waals surface area (Å²) in [6.45, 7) is 5.67. The minimum atomic E-state index is -3.68. The van der Waals surface area contributed by atoms with Gasteiger partial charge in [0.15, 0.2) is 0 Å². The van der Waals surface area contributed by atoms with Crippen LogP contribution in [0.15, 0.2) is 53.4 Å². The van der Waals surface area contributed by atoms with Crippen molar-refractivity contribution < 1.29 is 13.2 Å². The van der Waals surface area contributed by atoms with Crippen molar-refractivity contribution in [1.82, 2.24) is 4.90 Å². The number of nitrogens with zero attached hydrogens (tertiary/aromatic N) is 1. The molecule has 1 saturated heterocycles. The number of nitrogens with one attached hydrogen (secondary N) is 1. The molecule has 0 aromatic heterocycles. The van der Waals surface area contributed by atoms with Gasteiger partial charge in [0.1, 0.15) is 0 Å². The predicted octanol–water partition coefficient (Wildman–Crippen LogP) is 4.06. The molecule has 0 saturated carbocycles. The quantitative estimate of drug-likeness (QED) is 0.843. The number of hydrogen-bond donors (Lipinski definition) is 1. The van der Waals surface area contributed by atoms with E-state index in [1.54, 1.807) is 24.3 Å². The number of piperidine rings is 1. The first kappa shape index (κ1) is 19.4. The van der Waals surface area contributed by atoms with Crippen LogP contribution in [0.4, 0.5) is 5.69 Å². The zero-order valence-electron chi connectivity index (χ0n) is 15.8. The smallest absolute Gasteiger partial charge is 0.261 e. The molecule has 2 aromatic rings. The van der Waals surface area contributed by atoms with E-state index < -0.39 is 10.0 Å². The van der Waals surface area contributed by atoms with Crippen molar-refractivity contribution in [3.05, 3.63) is 59.7 Å². The Kier molecular flexibility index (Phi) is 5.85. The van der Waals surface area contributed by atoms with Crippen LogP contribution in [0.1, 0.15) is 42.1 Å². The van der Waals surface area contributed by atoms with Crippen LogP contribution in [0.2, 0.25) is 0 Å². The van der Waals surface area contributed by atoms with Crippen molar-refractivity contribution in [3.63, 3.8) is 0 Å². The summed E-state index contributed by atoms with van der Waals surface area (Å²) >= 11 is 0. The molecule has 1 aliphatic heterocycles. The van der Waals surface area contributed by atoms with E-state index in [2.05, 4.69) is 11.6 Å². The molecule has 2 aromatic carbocycles. The standard InChI is InChI=1S/C21H26N2O3S/c1-3-17-12-14-23(15-13-17)21(24)18-6-10-20(11-7-18)27(25,26)22-19-8-4-16(2)5-9-19/h4-11,17,22H,3,12-15H2,1-2H3. The third kappa shape index (κ3) is 4.69. The predicted molar refractivity (Wildman–Crippen MR) is 107 cm³/mol. The van der Waals surface area contributed by atoms with Crippen molar-refractivity contribution in [2.24, 2.45) is 5.92 Å². The number of rotatable bonds is 5. The van der Waals surface area contributed by atoms with E-state index in [9.17, 15) is 13.2 Å². The van der Waals surface area contributed by atoms with Gasteiger partial charge in [-0.3, -0.25) is 9.52 Å². The highest BCUT2D eigenvalue weighted by molar-refractivity contribution is 7.92. The maximum atomic E-state index is 12.6. The largest absolute Gasteiger partial charge is 0.339 e. The van der Waals surface area contributed by atoms with Gasteiger partial charge >= 0.3 is 0 Å². The van der Waals surface area contributed by atoms with Crippen LogP contribution in [0.25, 0.3) is 0 Å². The van der Waals surface area contributed by atoms with Gasteiger partial charge in [-0.05, 0) is 62.1 Å². The molecule has 1 heterocycles. The molecule has 3 rings (SSSR count). The number of aryl methyl sites for hydroxylation is 1. The van der Waals surface area contributed by atoms with Gasteiger partial charge in [0.2, 0.25) is 0 Å². The third-order valence-corrected chi connectivity index (χ3v) is 6.59. The molecule has 1 aliphatic rings. The van der Waals surface area contributed by atoms with Gasteiger partial charge in [-0.2, -0.15) is 0 Å². The number of hydrogen-bond acceptors (Lipinski definition) is 3. The van der Waals surface area contributed by atoms with Crippen molar-refractivity contribution in [2.45, 2.75) is 38.0 Å². The van der Waals surface area contributed by atoms with Gasteiger partial charge in [0.25, 0.3) is 15.9 Å². The minimum absolute atomic E-state index is 0.0278. The van der Waals surface area contributed by atoms with Crippen molar-refractivity contribution in [3.8, 4) is 0 Å². The van der Waals surface area contributed by atoms with Crippen LogP contribution in [-0.2, 0) is 10.0 Å². The fourth-order valence-corrected chi connectivity index (χ4v) is 4.40. The molecule has 0 radical (unpaired) electrons. The Balaban J connectivity index is 1.69. The lowest BCUT2D eigenvalue weighted by Crippen LogP contribution is -2.38. The normalized spacial score (nSPS) is 15.6. The maximum absolute atomic E-state index is 12.6. The zero-order chi connectivity index (χ0) is 19.4. The number of likely N-dealkylation sites (tertiary alicyclic amines) is 1. The molecular formula is C21H26N2O3S. The Hall–Kier alpha value is -2.34. The Morgan fingerprint density at radius 3 is 2.19 bits per heavy atom. The van der Waals surface area contributed by atoms with E-state index in [0.717, 1.165) is 37.9 Å². The molecule has 0 bridgehead atoms.